The summed E-state index contributed by atoms with van der Waals surface area (Å²) in [5, 5.41) is 6.39. The highest BCUT2D eigenvalue weighted by molar-refractivity contribution is 7.23. The zero-order valence-electron chi connectivity index (χ0n) is 20.1. The van der Waals surface area contributed by atoms with Gasteiger partial charge in [-0.05, 0) is 48.7 Å². The maximum absolute atomic E-state index is 13.6. The van der Waals surface area contributed by atoms with Crippen LogP contribution in [0.4, 0.5) is 5.00 Å². The second kappa shape index (κ2) is 10.1. The van der Waals surface area contributed by atoms with Gasteiger partial charge in [0, 0.05) is 22.7 Å². The van der Waals surface area contributed by atoms with Gasteiger partial charge in [-0.15, -0.1) is 0 Å². The molecule has 9 nitrogen and oxygen atoms in total. The van der Waals surface area contributed by atoms with E-state index in [4.69, 9.17) is 21.1 Å². The lowest BCUT2D eigenvalue weighted by Gasteiger charge is -2.26. The van der Waals surface area contributed by atoms with E-state index in [-0.39, 0.29) is 25.6 Å². The van der Waals surface area contributed by atoms with Crippen molar-refractivity contribution in [2.45, 2.75) is 26.8 Å². The Morgan fingerprint density at radius 1 is 1.13 bits per heavy atom. The molecule has 0 saturated heterocycles. The number of hydrogen-bond acceptors (Lipinski definition) is 7. The van der Waals surface area contributed by atoms with Crippen LogP contribution in [0, 0.1) is 0 Å². The summed E-state index contributed by atoms with van der Waals surface area (Å²) in [6.45, 7) is 0.862. The molecule has 1 aliphatic rings. The number of nitrogens with zero attached hydrogens (tertiary/aromatic N) is 5. The Labute approximate surface area is 227 Å². The predicted molar refractivity (Wildman–Crippen MR) is 149 cm³/mol. The largest absolute Gasteiger partial charge is 0.493 e. The highest BCUT2D eigenvalue weighted by Crippen LogP contribution is 2.43. The molecule has 1 amide bonds. The minimum atomic E-state index is -0.305. The average molecular weight is 552 g/mol. The van der Waals surface area contributed by atoms with Crippen LogP contribution in [0.3, 0.4) is 0 Å². The summed E-state index contributed by atoms with van der Waals surface area (Å²) in [5.74, 6) is 1.06. The number of aryl methyl sites for hydroxylation is 1. The van der Waals surface area contributed by atoms with E-state index in [9.17, 15) is 9.59 Å². The van der Waals surface area contributed by atoms with Crippen molar-refractivity contribution in [3.05, 3.63) is 81.0 Å². The number of amides is 1. The number of carbonyl (C=O) groups is 1. The fourth-order valence-corrected chi connectivity index (χ4v) is 6.41. The number of hydrogen-bond donors (Lipinski definition) is 0. The van der Waals surface area contributed by atoms with Gasteiger partial charge >= 0.3 is 5.69 Å². The molecule has 0 aliphatic carbocycles. The van der Waals surface area contributed by atoms with Gasteiger partial charge in [0.2, 0.25) is 0 Å². The van der Waals surface area contributed by atoms with E-state index < -0.39 is 0 Å². The van der Waals surface area contributed by atoms with E-state index in [0.29, 0.717) is 34.3 Å². The Kier molecular flexibility index (Phi) is 6.85. The number of rotatable bonds is 5. The van der Waals surface area contributed by atoms with Gasteiger partial charge in [-0.25, -0.2) is 9.78 Å². The minimum Gasteiger partial charge on any atom is -0.493 e. The zero-order valence-corrected chi connectivity index (χ0v) is 21.7. The van der Waals surface area contributed by atoms with Gasteiger partial charge in [-0.3, -0.25) is 14.3 Å². The number of halogens is 1. The Morgan fingerprint density at radius 2 is 1.95 bits per heavy atom. The van der Waals surface area contributed by atoms with Crippen molar-refractivity contribution in [3.8, 4) is 11.5 Å². The van der Waals surface area contributed by atoms with Crippen LogP contribution in [0.5, 0.6) is 11.5 Å². The third-order valence-electron chi connectivity index (χ3n) is 6.55. The third kappa shape index (κ3) is 4.10. The summed E-state index contributed by atoms with van der Waals surface area (Å²) in [5.41, 5.74) is 2.58. The molecule has 11 heteroatoms. The third-order valence-corrected chi connectivity index (χ3v) is 8.07. The van der Waals surface area contributed by atoms with Crippen LogP contribution in [-0.2, 0) is 13.0 Å². The van der Waals surface area contributed by atoms with Crippen LogP contribution in [0.2, 0.25) is 5.02 Å². The molecule has 0 atom stereocenters. The first kappa shape index (κ1) is 25.7. The molecule has 6 rings (SSSR count). The van der Waals surface area contributed by atoms with Crippen LogP contribution in [0.1, 0.15) is 35.3 Å². The quantitative estimate of drug-likeness (QED) is 0.303. The number of anilines is 1. The molecular formula is C27H26ClN5O4S. The summed E-state index contributed by atoms with van der Waals surface area (Å²) in [6, 6.07) is 12.5. The van der Waals surface area contributed by atoms with Gasteiger partial charge in [0.05, 0.1) is 26.2 Å². The number of fused-ring (bicyclic) bond motifs is 5. The summed E-state index contributed by atoms with van der Waals surface area (Å²) in [4.78, 5) is 34.0. The van der Waals surface area contributed by atoms with Gasteiger partial charge in [-0.2, -0.15) is 9.61 Å². The van der Waals surface area contributed by atoms with Crippen molar-refractivity contribution < 1.29 is 14.3 Å². The van der Waals surface area contributed by atoms with Crippen LogP contribution in [0.15, 0.2) is 53.6 Å². The fraction of sp³-hybridized carbons (Fsp3) is 0.259. The SMILES string of the molecule is C.COc1ccc(Cn2c(=O)n3ncnc3c3c4c(sc32)N(C(=O)c2cccc(Cl)c2)CCC4)cc1OC. The molecule has 196 valence electrons. The molecule has 38 heavy (non-hydrogen) atoms. The normalized spacial score (nSPS) is 12.9. The van der Waals surface area contributed by atoms with Crippen LogP contribution < -0.4 is 20.1 Å². The number of aromatic nitrogens is 4. The van der Waals surface area contributed by atoms with Gasteiger partial charge in [-0.1, -0.05) is 42.5 Å². The Hall–Kier alpha value is -3.89. The van der Waals surface area contributed by atoms with E-state index in [0.717, 1.165) is 39.2 Å². The molecule has 3 aromatic heterocycles. The molecular weight excluding hydrogens is 526 g/mol. The first-order valence-corrected chi connectivity index (χ1v) is 12.9. The molecule has 0 N–H and O–H groups in total. The van der Waals surface area contributed by atoms with Crippen molar-refractivity contribution in [1.29, 1.82) is 0 Å². The molecule has 0 radical (unpaired) electrons. The summed E-state index contributed by atoms with van der Waals surface area (Å²) in [7, 11) is 3.16. The number of thiophene rings is 1. The molecule has 0 bridgehead atoms. The Morgan fingerprint density at radius 3 is 2.71 bits per heavy atom. The second-order valence-corrected chi connectivity index (χ2v) is 10.1. The average Bonchev–Trinajstić information content (AvgIpc) is 3.55. The molecule has 2 aromatic carbocycles. The van der Waals surface area contributed by atoms with Crippen molar-refractivity contribution in [2.24, 2.45) is 0 Å². The Balaban J connectivity index is 0.00000294. The standard InChI is InChI=1S/C26H22ClN5O4S.CH4/c1-35-19-9-8-15(11-20(19)36-2)13-31-25-21(22-28-14-29-32(22)26(31)34)18-7-4-10-30(24(18)37-25)23(33)16-5-3-6-17(27)12-16;/h3,5-6,8-9,11-12,14H,4,7,10,13H2,1-2H3;1H4. The first-order chi connectivity index (χ1) is 18.0. The predicted octanol–water partition coefficient (Wildman–Crippen LogP) is 5.05. The lowest BCUT2D eigenvalue weighted by atomic mass is 10.0. The molecule has 0 unspecified atom stereocenters. The molecule has 5 aromatic rings. The van der Waals surface area contributed by atoms with Gasteiger partial charge in [0.15, 0.2) is 17.1 Å². The molecule has 0 spiro atoms. The first-order valence-electron chi connectivity index (χ1n) is 11.7. The summed E-state index contributed by atoms with van der Waals surface area (Å²) < 4.78 is 13.8. The van der Waals surface area contributed by atoms with Crippen molar-refractivity contribution >= 4 is 49.7 Å². The van der Waals surface area contributed by atoms with E-state index in [1.165, 1.54) is 22.2 Å². The van der Waals surface area contributed by atoms with Crippen LogP contribution >= 0.6 is 22.9 Å². The number of benzene rings is 2. The molecule has 0 saturated carbocycles. The highest BCUT2D eigenvalue weighted by Gasteiger charge is 2.30. The highest BCUT2D eigenvalue weighted by atomic mass is 35.5. The van der Waals surface area contributed by atoms with E-state index >= 15 is 0 Å². The molecule has 4 heterocycles. The minimum absolute atomic E-state index is 0. The fourth-order valence-electron chi connectivity index (χ4n) is 4.85. The van der Waals surface area contributed by atoms with Crippen molar-refractivity contribution in [2.75, 3.05) is 25.7 Å². The lowest BCUT2D eigenvalue weighted by Crippen LogP contribution is -2.34. The van der Waals surface area contributed by atoms with Crippen LogP contribution in [0.25, 0.3) is 15.9 Å². The molecule has 1 aliphatic heterocycles. The maximum atomic E-state index is 13.6. The Bertz CT molecular complexity index is 1740. The maximum Gasteiger partial charge on any atom is 0.352 e. The van der Waals surface area contributed by atoms with E-state index in [2.05, 4.69) is 10.1 Å². The van der Waals surface area contributed by atoms with Gasteiger partial charge in [0.1, 0.15) is 16.2 Å². The number of ether oxygens (including phenoxy) is 2. The monoisotopic (exact) mass is 551 g/mol. The zero-order chi connectivity index (χ0) is 25.7. The van der Waals surface area contributed by atoms with E-state index in [1.807, 2.05) is 18.2 Å². The summed E-state index contributed by atoms with van der Waals surface area (Å²) in [6.07, 6.45) is 2.95. The van der Waals surface area contributed by atoms with Gasteiger partial charge < -0.3 is 9.47 Å². The molecule has 0 fully saturated rings. The summed E-state index contributed by atoms with van der Waals surface area (Å²) >= 11 is 7.59. The smallest absolute Gasteiger partial charge is 0.352 e. The lowest BCUT2D eigenvalue weighted by molar-refractivity contribution is 0.0986. The van der Waals surface area contributed by atoms with Gasteiger partial charge in [0.25, 0.3) is 5.91 Å². The van der Waals surface area contributed by atoms with E-state index in [1.54, 1.807) is 48.0 Å². The van der Waals surface area contributed by atoms with Crippen molar-refractivity contribution in [1.82, 2.24) is 19.2 Å². The number of carbonyl (C=O) groups excluding carboxylic acids is 1. The number of methoxy groups -OCH3 is 2. The second-order valence-electron chi connectivity index (χ2n) is 8.69. The van der Waals surface area contributed by atoms with Crippen molar-refractivity contribution in [3.63, 3.8) is 0 Å². The van der Waals surface area contributed by atoms with Crippen LogP contribution in [-0.4, -0.2) is 45.8 Å². The topological polar surface area (TPSA) is 91.0 Å².